The quantitative estimate of drug-likeness (QED) is 0.470. The van der Waals surface area contributed by atoms with Crippen LogP contribution in [-0.4, -0.2) is 23.1 Å². The third kappa shape index (κ3) is 2.88. The number of allylic oxidation sites excluding steroid dienone is 4. The van der Waals surface area contributed by atoms with E-state index in [1.807, 2.05) is 36.7 Å². The van der Waals surface area contributed by atoms with Gasteiger partial charge in [0.15, 0.2) is 0 Å². The van der Waals surface area contributed by atoms with Crippen LogP contribution in [0.5, 0.6) is 0 Å². The number of nitrogens with one attached hydrogen (secondary N) is 1. The van der Waals surface area contributed by atoms with Gasteiger partial charge in [-0.05, 0) is 12.2 Å². The zero-order valence-corrected chi connectivity index (χ0v) is 6.09. The molecule has 2 heteroatoms. The molecule has 1 heterocycles. The van der Waals surface area contributed by atoms with Crippen LogP contribution in [0.25, 0.3) is 0 Å². The van der Waals surface area contributed by atoms with Crippen molar-refractivity contribution in [2.75, 3.05) is 0 Å². The van der Waals surface area contributed by atoms with Crippen molar-refractivity contribution in [2.45, 2.75) is 0 Å². The molecular weight excluding hydrogens is 110 g/mol. The summed E-state index contributed by atoms with van der Waals surface area (Å²) in [6, 6.07) is 0. The van der Waals surface area contributed by atoms with Gasteiger partial charge in [0.2, 0.25) is 0 Å². The van der Waals surface area contributed by atoms with E-state index in [9.17, 15) is 0 Å². The van der Waals surface area contributed by atoms with Crippen LogP contribution < -0.4 is 5.32 Å². The van der Waals surface area contributed by atoms with Gasteiger partial charge in [0.1, 0.15) is 0 Å². The SMILES string of the molecule is C1=CC=CNC=C1.[H-].[H-].[Mg+2]. The molecule has 1 rings (SSSR count). The molecule has 0 bridgehead atoms. The molecule has 1 aliphatic heterocycles. The Morgan fingerprint density at radius 3 is 1.88 bits per heavy atom. The molecule has 0 fully saturated rings. The van der Waals surface area contributed by atoms with Gasteiger partial charge >= 0.3 is 23.1 Å². The van der Waals surface area contributed by atoms with Crippen LogP contribution in [0.2, 0.25) is 0 Å². The monoisotopic (exact) mass is 119 g/mol. The van der Waals surface area contributed by atoms with Crippen LogP contribution in [0, 0.1) is 0 Å². The van der Waals surface area contributed by atoms with Crippen LogP contribution >= 0.6 is 0 Å². The molecule has 0 unspecified atom stereocenters. The Morgan fingerprint density at radius 1 is 0.875 bits per heavy atom. The minimum Gasteiger partial charge on any atom is -1.00 e. The fourth-order valence-corrected chi connectivity index (χ4v) is 0.406. The van der Waals surface area contributed by atoms with E-state index in [0.29, 0.717) is 0 Å². The molecule has 1 N–H and O–H groups in total. The summed E-state index contributed by atoms with van der Waals surface area (Å²) in [4.78, 5) is 0. The molecular formula is C6H9MgN. The first-order valence-corrected chi connectivity index (χ1v) is 2.24. The minimum atomic E-state index is 0. The Labute approximate surface area is 68.3 Å². The standard InChI is InChI=1S/C6H7N.Mg.2H/c1-2-4-6-7-5-3-1;;;/h1-7H;;;/q;+2;2*-1. The summed E-state index contributed by atoms with van der Waals surface area (Å²) in [6.45, 7) is 0. The fraction of sp³-hybridized carbons (Fsp3) is 0. The summed E-state index contributed by atoms with van der Waals surface area (Å²) in [5, 5.41) is 2.92. The molecule has 0 atom stereocenters. The van der Waals surface area contributed by atoms with Crippen LogP contribution in [-0.2, 0) is 0 Å². The second-order valence-electron chi connectivity index (χ2n) is 1.27. The van der Waals surface area contributed by atoms with E-state index in [1.165, 1.54) is 0 Å². The van der Waals surface area contributed by atoms with Crippen molar-refractivity contribution in [2.24, 2.45) is 0 Å². The van der Waals surface area contributed by atoms with Gasteiger partial charge in [0.25, 0.3) is 0 Å². The zero-order valence-electron chi connectivity index (χ0n) is 6.67. The smallest absolute Gasteiger partial charge is 1.00 e. The molecule has 0 aromatic heterocycles. The first-order chi connectivity index (χ1) is 3.50. The molecule has 0 radical (unpaired) electrons. The molecule has 0 aliphatic carbocycles. The molecule has 0 spiro atoms. The van der Waals surface area contributed by atoms with Crippen LogP contribution in [0.15, 0.2) is 36.7 Å². The van der Waals surface area contributed by atoms with E-state index < -0.39 is 0 Å². The van der Waals surface area contributed by atoms with E-state index in [1.54, 1.807) is 0 Å². The summed E-state index contributed by atoms with van der Waals surface area (Å²) < 4.78 is 0. The topological polar surface area (TPSA) is 12.0 Å². The molecule has 1 nitrogen and oxygen atoms in total. The van der Waals surface area contributed by atoms with Crippen LogP contribution in [0.1, 0.15) is 2.85 Å². The maximum Gasteiger partial charge on any atom is 2.00 e. The summed E-state index contributed by atoms with van der Waals surface area (Å²) in [5.41, 5.74) is 0. The van der Waals surface area contributed by atoms with Crippen LogP contribution in [0.4, 0.5) is 0 Å². The maximum atomic E-state index is 2.92. The van der Waals surface area contributed by atoms with Crippen molar-refractivity contribution in [1.82, 2.24) is 5.32 Å². The summed E-state index contributed by atoms with van der Waals surface area (Å²) >= 11 is 0. The zero-order chi connectivity index (χ0) is 4.95. The third-order valence-corrected chi connectivity index (χ3v) is 0.718. The van der Waals surface area contributed by atoms with Crippen molar-refractivity contribution in [3.8, 4) is 0 Å². The van der Waals surface area contributed by atoms with Gasteiger partial charge < -0.3 is 8.17 Å². The summed E-state index contributed by atoms with van der Waals surface area (Å²) in [7, 11) is 0. The van der Waals surface area contributed by atoms with Crippen LogP contribution in [0.3, 0.4) is 0 Å². The molecule has 0 saturated heterocycles. The normalized spacial score (nSPS) is 14.0. The van der Waals surface area contributed by atoms with E-state index in [2.05, 4.69) is 5.32 Å². The van der Waals surface area contributed by atoms with E-state index in [0.717, 1.165) is 0 Å². The van der Waals surface area contributed by atoms with Crippen molar-refractivity contribution in [1.29, 1.82) is 0 Å². The second kappa shape index (κ2) is 4.93. The number of rotatable bonds is 0. The second-order valence-corrected chi connectivity index (χ2v) is 1.27. The van der Waals surface area contributed by atoms with E-state index in [-0.39, 0.29) is 25.9 Å². The van der Waals surface area contributed by atoms with Gasteiger partial charge in [0.05, 0.1) is 0 Å². The first-order valence-electron chi connectivity index (χ1n) is 2.24. The fourth-order valence-electron chi connectivity index (χ4n) is 0.406. The minimum absolute atomic E-state index is 0. The summed E-state index contributed by atoms with van der Waals surface area (Å²) in [6.07, 6.45) is 11.6. The van der Waals surface area contributed by atoms with Crippen molar-refractivity contribution in [3.05, 3.63) is 36.7 Å². The Morgan fingerprint density at radius 2 is 1.38 bits per heavy atom. The Hall–Kier alpha value is -0.214. The van der Waals surface area contributed by atoms with Gasteiger partial charge in [0, 0.05) is 12.4 Å². The van der Waals surface area contributed by atoms with Gasteiger partial charge in [-0.25, -0.2) is 0 Å². The molecule has 8 heavy (non-hydrogen) atoms. The van der Waals surface area contributed by atoms with Gasteiger partial charge in [-0.1, -0.05) is 12.2 Å². The Bertz CT molecular complexity index is 118. The molecule has 0 aromatic rings. The third-order valence-electron chi connectivity index (χ3n) is 0.718. The number of hydrogen-bond donors (Lipinski definition) is 1. The first kappa shape index (κ1) is 7.79. The largest absolute Gasteiger partial charge is 2.00 e. The van der Waals surface area contributed by atoms with Crippen molar-refractivity contribution < 1.29 is 2.85 Å². The average molecular weight is 119 g/mol. The molecule has 0 saturated carbocycles. The van der Waals surface area contributed by atoms with E-state index in [4.69, 9.17) is 0 Å². The molecule has 1 aliphatic rings. The maximum absolute atomic E-state index is 2.92. The molecule has 0 aromatic carbocycles. The Balaban J connectivity index is -0.000000163. The van der Waals surface area contributed by atoms with Gasteiger partial charge in [-0.3, -0.25) is 0 Å². The van der Waals surface area contributed by atoms with Crippen molar-refractivity contribution >= 4 is 23.1 Å². The number of hydrogen-bond acceptors (Lipinski definition) is 1. The van der Waals surface area contributed by atoms with Crippen molar-refractivity contribution in [3.63, 3.8) is 0 Å². The van der Waals surface area contributed by atoms with E-state index >= 15 is 0 Å². The van der Waals surface area contributed by atoms with Gasteiger partial charge in [-0.2, -0.15) is 0 Å². The average Bonchev–Trinajstić information content (AvgIpc) is 1.90. The predicted octanol–water partition coefficient (Wildman–Crippen LogP) is 1.02. The summed E-state index contributed by atoms with van der Waals surface area (Å²) in [5.74, 6) is 0. The predicted molar refractivity (Wildman–Crippen MR) is 38.5 cm³/mol. The Kier molecular flexibility index (Phi) is 4.80. The van der Waals surface area contributed by atoms with Gasteiger partial charge in [-0.15, -0.1) is 0 Å². The molecule has 0 amide bonds. The molecule has 40 valence electrons.